The molecule has 33 heavy (non-hydrogen) atoms. The van der Waals surface area contributed by atoms with Crippen molar-refractivity contribution in [2.75, 3.05) is 38.4 Å². The summed E-state index contributed by atoms with van der Waals surface area (Å²) in [4.78, 5) is 27.4. The fraction of sp³-hybridized carbons (Fsp3) is 0.231. The van der Waals surface area contributed by atoms with E-state index < -0.39 is 0 Å². The number of hydrogen-bond donors (Lipinski definition) is 2. The Hall–Kier alpha value is -3.84. The third-order valence-corrected chi connectivity index (χ3v) is 5.06. The van der Waals surface area contributed by atoms with Gasteiger partial charge in [0.15, 0.2) is 11.5 Å². The molecule has 7 heteroatoms. The number of amides is 2. The SMILES string of the molecule is COc1cccc(CN(C)CC(=O)Nc2ccccc2C(=O)Nc2cccc(C)c2)c1OC. The molecule has 172 valence electrons. The predicted molar refractivity (Wildman–Crippen MR) is 130 cm³/mol. The van der Waals surface area contributed by atoms with E-state index in [1.54, 1.807) is 38.5 Å². The van der Waals surface area contributed by atoms with Crippen molar-refractivity contribution in [3.63, 3.8) is 0 Å². The van der Waals surface area contributed by atoms with Gasteiger partial charge in [-0.05, 0) is 49.9 Å². The summed E-state index contributed by atoms with van der Waals surface area (Å²) in [5.41, 5.74) is 3.51. The molecule has 3 aromatic carbocycles. The van der Waals surface area contributed by atoms with Gasteiger partial charge in [0.1, 0.15) is 0 Å². The molecule has 0 aromatic heterocycles. The van der Waals surface area contributed by atoms with Crippen LogP contribution in [0.4, 0.5) is 11.4 Å². The lowest BCUT2D eigenvalue weighted by Gasteiger charge is -2.19. The topological polar surface area (TPSA) is 79.9 Å². The van der Waals surface area contributed by atoms with Crippen LogP contribution in [0.25, 0.3) is 0 Å². The molecule has 0 radical (unpaired) electrons. The van der Waals surface area contributed by atoms with Crippen LogP contribution in [0, 0.1) is 6.92 Å². The number of carbonyl (C=O) groups is 2. The maximum Gasteiger partial charge on any atom is 0.257 e. The third-order valence-electron chi connectivity index (χ3n) is 5.06. The molecule has 0 bridgehead atoms. The Labute approximate surface area is 194 Å². The highest BCUT2D eigenvalue weighted by molar-refractivity contribution is 6.10. The molecule has 0 fully saturated rings. The normalized spacial score (nSPS) is 10.6. The smallest absolute Gasteiger partial charge is 0.257 e. The van der Waals surface area contributed by atoms with Gasteiger partial charge in [0, 0.05) is 17.8 Å². The number of para-hydroxylation sites is 2. The molecule has 2 amide bonds. The molecule has 0 aliphatic rings. The first kappa shape index (κ1) is 23.8. The average Bonchev–Trinajstić information content (AvgIpc) is 2.79. The Morgan fingerprint density at radius 2 is 1.67 bits per heavy atom. The van der Waals surface area contributed by atoms with Gasteiger partial charge in [-0.15, -0.1) is 0 Å². The van der Waals surface area contributed by atoms with Gasteiger partial charge in [-0.2, -0.15) is 0 Å². The van der Waals surface area contributed by atoms with E-state index in [0.717, 1.165) is 11.1 Å². The number of carbonyl (C=O) groups excluding carboxylic acids is 2. The zero-order chi connectivity index (χ0) is 23.8. The number of rotatable bonds is 9. The van der Waals surface area contributed by atoms with E-state index in [1.165, 1.54) is 0 Å². The first-order valence-electron chi connectivity index (χ1n) is 10.6. The Bertz CT molecular complexity index is 1130. The van der Waals surface area contributed by atoms with Gasteiger partial charge in [-0.1, -0.05) is 36.4 Å². The molecule has 0 saturated carbocycles. The first-order chi connectivity index (χ1) is 15.9. The molecule has 0 heterocycles. The van der Waals surface area contributed by atoms with Crippen molar-refractivity contribution in [1.82, 2.24) is 4.90 Å². The lowest BCUT2D eigenvalue weighted by Crippen LogP contribution is -2.30. The molecule has 0 atom stereocenters. The molecule has 7 nitrogen and oxygen atoms in total. The van der Waals surface area contributed by atoms with Crippen molar-refractivity contribution in [1.29, 1.82) is 0 Å². The maximum atomic E-state index is 12.8. The molecule has 0 aliphatic carbocycles. The van der Waals surface area contributed by atoms with Gasteiger partial charge in [-0.25, -0.2) is 0 Å². The van der Waals surface area contributed by atoms with E-state index in [1.807, 2.05) is 61.3 Å². The van der Waals surface area contributed by atoms with Gasteiger partial charge < -0.3 is 20.1 Å². The fourth-order valence-electron chi connectivity index (χ4n) is 3.57. The second kappa shape index (κ2) is 11.2. The summed E-state index contributed by atoms with van der Waals surface area (Å²) in [5, 5.41) is 5.74. The van der Waals surface area contributed by atoms with Crippen LogP contribution >= 0.6 is 0 Å². The average molecular weight is 448 g/mol. The van der Waals surface area contributed by atoms with Gasteiger partial charge in [0.05, 0.1) is 32.0 Å². The minimum atomic E-state index is -0.286. The van der Waals surface area contributed by atoms with E-state index >= 15 is 0 Å². The molecule has 0 aliphatic heterocycles. The molecule has 0 spiro atoms. The van der Waals surface area contributed by atoms with Crippen LogP contribution in [0.5, 0.6) is 11.5 Å². The summed E-state index contributed by atoms with van der Waals surface area (Å²) in [7, 11) is 5.02. The number of anilines is 2. The summed E-state index contributed by atoms with van der Waals surface area (Å²) in [6.07, 6.45) is 0. The van der Waals surface area contributed by atoms with Crippen LogP contribution < -0.4 is 20.1 Å². The van der Waals surface area contributed by atoms with Gasteiger partial charge >= 0.3 is 0 Å². The van der Waals surface area contributed by atoms with Gasteiger partial charge in [0.25, 0.3) is 5.91 Å². The van der Waals surface area contributed by atoms with E-state index in [2.05, 4.69) is 10.6 Å². The number of nitrogens with one attached hydrogen (secondary N) is 2. The zero-order valence-electron chi connectivity index (χ0n) is 19.3. The van der Waals surface area contributed by atoms with Crippen molar-refractivity contribution >= 4 is 23.2 Å². The highest BCUT2D eigenvalue weighted by atomic mass is 16.5. The summed E-state index contributed by atoms with van der Waals surface area (Å²) < 4.78 is 10.8. The zero-order valence-corrected chi connectivity index (χ0v) is 19.3. The van der Waals surface area contributed by atoms with Crippen LogP contribution in [-0.2, 0) is 11.3 Å². The molecular formula is C26H29N3O4. The first-order valence-corrected chi connectivity index (χ1v) is 10.6. The lowest BCUT2D eigenvalue weighted by molar-refractivity contribution is -0.117. The van der Waals surface area contributed by atoms with E-state index in [4.69, 9.17) is 9.47 Å². The molecule has 3 aromatic rings. The fourth-order valence-corrected chi connectivity index (χ4v) is 3.57. The minimum Gasteiger partial charge on any atom is -0.493 e. The van der Waals surface area contributed by atoms with Crippen LogP contribution in [0.15, 0.2) is 66.7 Å². The number of methoxy groups -OCH3 is 2. The van der Waals surface area contributed by atoms with Gasteiger partial charge in [0.2, 0.25) is 5.91 Å². The molecular weight excluding hydrogens is 418 g/mol. The largest absolute Gasteiger partial charge is 0.493 e. The van der Waals surface area contributed by atoms with Crippen molar-refractivity contribution in [2.45, 2.75) is 13.5 Å². The standard InChI is InChI=1S/C26H29N3O4/c1-18-9-7-11-20(15-18)27-26(31)21-12-5-6-13-22(21)28-24(30)17-29(2)16-19-10-8-14-23(32-3)25(19)33-4/h5-15H,16-17H2,1-4H3,(H,27,31)(H,28,30). The second-order valence-corrected chi connectivity index (χ2v) is 7.74. The highest BCUT2D eigenvalue weighted by Crippen LogP contribution is 2.31. The van der Waals surface area contributed by atoms with E-state index in [9.17, 15) is 9.59 Å². The Morgan fingerprint density at radius 1 is 0.909 bits per heavy atom. The number of hydrogen-bond acceptors (Lipinski definition) is 5. The quantitative estimate of drug-likeness (QED) is 0.510. The van der Waals surface area contributed by atoms with Crippen LogP contribution in [-0.4, -0.2) is 44.5 Å². The molecule has 0 saturated heterocycles. The monoisotopic (exact) mass is 447 g/mol. The van der Waals surface area contributed by atoms with E-state index in [0.29, 0.717) is 35.0 Å². The van der Waals surface area contributed by atoms with Gasteiger partial charge in [-0.3, -0.25) is 14.5 Å². The van der Waals surface area contributed by atoms with Crippen molar-refractivity contribution in [3.05, 3.63) is 83.4 Å². The number of likely N-dealkylation sites (N-methyl/N-ethyl adjacent to an activating group) is 1. The Morgan fingerprint density at radius 3 is 2.39 bits per heavy atom. The van der Waals surface area contributed by atoms with Crippen molar-refractivity contribution < 1.29 is 19.1 Å². The lowest BCUT2D eigenvalue weighted by atomic mass is 10.1. The Balaban J connectivity index is 1.66. The second-order valence-electron chi connectivity index (χ2n) is 7.74. The minimum absolute atomic E-state index is 0.133. The third kappa shape index (κ3) is 6.33. The van der Waals surface area contributed by atoms with Crippen molar-refractivity contribution in [2.24, 2.45) is 0 Å². The molecule has 3 rings (SSSR count). The molecule has 2 N–H and O–H groups in total. The van der Waals surface area contributed by atoms with Crippen LogP contribution in [0.1, 0.15) is 21.5 Å². The Kier molecular flexibility index (Phi) is 8.05. The summed E-state index contributed by atoms with van der Waals surface area (Å²) >= 11 is 0. The van der Waals surface area contributed by atoms with E-state index in [-0.39, 0.29) is 18.4 Å². The number of benzene rings is 3. The maximum absolute atomic E-state index is 12.8. The van der Waals surface area contributed by atoms with Crippen molar-refractivity contribution in [3.8, 4) is 11.5 Å². The summed E-state index contributed by atoms with van der Waals surface area (Å²) in [6, 6.07) is 20.1. The highest BCUT2D eigenvalue weighted by Gasteiger charge is 2.16. The number of nitrogens with zero attached hydrogens (tertiary/aromatic N) is 1. The number of aryl methyl sites for hydroxylation is 1. The van der Waals surface area contributed by atoms with Crippen LogP contribution in [0.2, 0.25) is 0 Å². The number of ether oxygens (including phenoxy) is 2. The predicted octanol–water partition coefficient (Wildman–Crippen LogP) is 4.34. The molecule has 0 unspecified atom stereocenters. The summed E-state index contributed by atoms with van der Waals surface area (Å²) in [5.74, 6) is 0.771. The summed E-state index contributed by atoms with van der Waals surface area (Å²) in [6.45, 7) is 2.58. The van der Waals surface area contributed by atoms with Crippen LogP contribution in [0.3, 0.4) is 0 Å².